The van der Waals surface area contributed by atoms with Crippen molar-refractivity contribution >= 4 is 88.2 Å². The van der Waals surface area contributed by atoms with Gasteiger partial charge in [0.15, 0.2) is 0 Å². The number of rotatable bonds is 8. The zero-order valence-electron chi connectivity index (χ0n) is 36.7. The Morgan fingerprint density at radius 2 is 0.844 bits per heavy atom. The number of para-hydroxylation sites is 2. The van der Waals surface area contributed by atoms with Gasteiger partial charge in [0.05, 0.1) is 28.3 Å². The fraction of sp³-hybridized carbons (Fsp3) is 0.115. The molecule has 1 heterocycles. The van der Waals surface area contributed by atoms with Crippen molar-refractivity contribution in [1.29, 1.82) is 0 Å². The molecule has 1 N–H and O–H groups in total. The van der Waals surface area contributed by atoms with Crippen LogP contribution in [0.25, 0.3) is 65.3 Å². The highest BCUT2D eigenvalue weighted by atomic mass is 15.2. The van der Waals surface area contributed by atoms with Gasteiger partial charge in [0, 0.05) is 44.9 Å². The number of fused-ring (bicyclic) bond motifs is 11. The molecule has 0 saturated carbocycles. The number of nitrogens with zero attached hydrogens (tertiary/aromatic N) is 2. The largest absolute Gasteiger partial charge is 0.353 e. The average Bonchev–Trinajstić information content (AvgIpc) is 3.92. The van der Waals surface area contributed by atoms with Crippen LogP contribution < -0.4 is 9.80 Å². The standard InChI is InChI=1S/C61H49N3/c1-38(2)40-27-31-43(32-28-40)63(57-25-13-22-46-45-16-6-5-15-42(45)35-55(46)57)59-36-53-48-18-8-10-21-51(48)60(37-54(53)47-17-7-9-20-50(47)59)64(44-33-29-41(30-34-44)39(3)4)58-26-14-23-52-49-19-11-12-24-56(49)62-61(52)58/h5-34,36-39,62H,35H2,1-4H3. The van der Waals surface area contributed by atoms with Gasteiger partial charge in [0.25, 0.3) is 0 Å². The molecule has 0 atom stereocenters. The summed E-state index contributed by atoms with van der Waals surface area (Å²) < 4.78 is 0. The lowest BCUT2D eigenvalue weighted by Gasteiger charge is -2.31. The summed E-state index contributed by atoms with van der Waals surface area (Å²) in [6.07, 6.45) is 0.900. The van der Waals surface area contributed by atoms with E-state index in [9.17, 15) is 0 Å². The maximum atomic E-state index is 3.85. The van der Waals surface area contributed by atoms with Crippen LogP contribution in [0.1, 0.15) is 61.8 Å². The predicted octanol–water partition coefficient (Wildman–Crippen LogP) is 17.5. The molecule has 0 radical (unpaired) electrons. The van der Waals surface area contributed by atoms with Crippen molar-refractivity contribution in [3.8, 4) is 11.1 Å². The summed E-state index contributed by atoms with van der Waals surface area (Å²) in [4.78, 5) is 8.87. The highest BCUT2D eigenvalue weighted by Gasteiger charge is 2.28. The Balaban J connectivity index is 1.15. The number of H-pyrrole nitrogens is 1. The van der Waals surface area contributed by atoms with Crippen LogP contribution in [0.2, 0.25) is 0 Å². The maximum absolute atomic E-state index is 3.85. The van der Waals surface area contributed by atoms with Crippen LogP contribution in [-0.4, -0.2) is 4.98 Å². The summed E-state index contributed by atoms with van der Waals surface area (Å²) in [6, 6.07) is 72.6. The van der Waals surface area contributed by atoms with Crippen LogP contribution in [0.15, 0.2) is 194 Å². The van der Waals surface area contributed by atoms with Gasteiger partial charge in [-0.05, 0) is 121 Å². The fourth-order valence-electron chi connectivity index (χ4n) is 10.5. The Hall–Kier alpha value is -7.62. The van der Waals surface area contributed by atoms with Gasteiger partial charge in [-0.2, -0.15) is 0 Å². The lowest BCUT2D eigenvalue weighted by atomic mass is 9.92. The molecule has 1 aromatic heterocycles. The molecule has 10 aromatic carbocycles. The van der Waals surface area contributed by atoms with Crippen LogP contribution in [0.4, 0.5) is 34.1 Å². The molecule has 308 valence electrons. The van der Waals surface area contributed by atoms with Crippen molar-refractivity contribution in [2.45, 2.75) is 46.0 Å². The zero-order valence-corrected chi connectivity index (χ0v) is 36.7. The lowest BCUT2D eigenvalue weighted by molar-refractivity contribution is 0.866. The molecular formula is C61H49N3. The Kier molecular flexibility index (Phi) is 8.95. The molecule has 64 heavy (non-hydrogen) atoms. The molecule has 0 saturated heterocycles. The van der Waals surface area contributed by atoms with Gasteiger partial charge in [-0.1, -0.05) is 167 Å². The normalized spacial score (nSPS) is 12.3. The SMILES string of the molecule is CC(C)c1ccc(N(c2cccc3c2Cc2ccccc2-3)c2cc3c4ccccc4c(N(c4ccc(C(C)C)cc4)c4cccc5c4[nH]c4ccccc45)cc3c3ccccc23)cc1. The lowest BCUT2D eigenvalue weighted by Crippen LogP contribution is -2.13. The number of anilines is 6. The van der Waals surface area contributed by atoms with E-state index in [1.165, 1.54) is 87.8 Å². The van der Waals surface area contributed by atoms with E-state index in [1.54, 1.807) is 0 Å². The molecule has 1 aliphatic carbocycles. The highest BCUT2D eigenvalue weighted by molar-refractivity contribution is 6.25. The summed E-state index contributed by atoms with van der Waals surface area (Å²) in [5.41, 5.74) is 17.3. The predicted molar refractivity (Wildman–Crippen MR) is 274 cm³/mol. The second-order valence-electron chi connectivity index (χ2n) is 18.1. The molecule has 3 nitrogen and oxygen atoms in total. The molecule has 0 amide bonds. The van der Waals surface area contributed by atoms with E-state index >= 15 is 0 Å². The van der Waals surface area contributed by atoms with Gasteiger partial charge < -0.3 is 14.8 Å². The molecule has 11 aromatic rings. The van der Waals surface area contributed by atoms with Crippen LogP contribution in [0.3, 0.4) is 0 Å². The monoisotopic (exact) mass is 823 g/mol. The molecule has 0 bridgehead atoms. The van der Waals surface area contributed by atoms with E-state index < -0.39 is 0 Å². The first kappa shape index (κ1) is 38.1. The van der Waals surface area contributed by atoms with Gasteiger partial charge in [-0.25, -0.2) is 0 Å². The molecule has 0 aliphatic heterocycles. The maximum Gasteiger partial charge on any atom is 0.0709 e. The van der Waals surface area contributed by atoms with Crippen molar-refractivity contribution in [2.75, 3.05) is 9.80 Å². The molecule has 3 heteroatoms. The van der Waals surface area contributed by atoms with Gasteiger partial charge in [0.2, 0.25) is 0 Å². The minimum absolute atomic E-state index is 0.432. The quantitative estimate of drug-likeness (QED) is 0.154. The smallest absolute Gasteiger partial charge is 0.0709 e. The zero-order chi connectivity index (χ0) is 43.1. The number of aromatic amines is 1. The Labute approximate surface area is 374 Å². The van der Waals surface area contributed by atoms with Gasteiger partial charge >= 0.3 is 0 Å². The summed E-state index contributed by atoms with van der Waals surface area (Å²) in [5.74, 6) is 0.873. The minimum Gasteiger partial charge on any atom is -0.353 e. The van der Waals surface area contributed by atoms with Gasteiger partial charge in [-0.3, -0.25) is 0 Å². The Morgan fingerprint density at radius 3 is 1.45 bits per heavy atom. The van der Waals surface area contributed by atoms with E-state index in [-0.39, 0.29) is 0 Å². The van der Waals surface area contributed by atoms with Crippen LogP contribution in [0.5, 0.6) is 0 Å². The molecule has 0 unspecified atom stereocenters. The third kappa shape index (κ3) is 6.02. The van der Waals surface area contributed by atoms with Crippen LogP contribution in [0, 0.1) is 0 Å². The van der Waals surface area contributed by atoms with Crippen molar-refractivity contribution in [3.05, 3.63) is 216 Å². The van der Waals surface area contributed by atoms with Gasteiger partial charge in [-0.15, -0.1) is 0 Å². The molecule has 0 spiro atoms. The molecule has 0 fully saturated rings. The van der Waals surface area contributed by atoms with E-state index in [4.69, 9.17) is 0 Å². The second kappa shape index (κ2) is 15.0. The first-order valence-electron chi connectivity index (χ1n) is 22.8. The second-order valence-corrected chi connectivity index (χ2v) is 18.1. The van der Waals surface area contributed by atoms with Crippen LogP contribution >= 0.6 is 0 Å². The van der Waals surface area contributed by atoms with Crippen LogP contribution in [-0.2, 0) is 6.42 Å². The summed E-state index contributed by atoms with van der Waals surface area (Å²) >= 11 is 0. The third-order valence-electron chi connectivity index (χ3n) is 13.8. The van der Waals surface area contributed by atoms with Gasteiger partial charge in [0.1, 0.15) is 0 Å². The number of nitrogens with one attached hydrogen (secondary N) is 1. The number of aromatic nitrogens is 1. The first-order valence-corrected chi connectivity index (χ1v) is 22.8. The number of hydrogen-bond donors (Lipinski definition) is 1. The summed E-state index contributed by atoms with van der Waals surface area (Å²) in [6.45, 7) is 9.07. The summed E-state index contributed by atoms with van der Waals surface area (Å²) in [5, 5.41) is 9.75. The fourth-order valence-corrected chi connectivity index (χ4v) is 10.5. The number of benzene rings is 10. The average molecular weight is 824 g/mol. The van der Waals surface area contributed by atoms with Crippen molar-refractivity contribution < 1.29 is 0 Å². The Bertz CT molecular complexity index is 3590. The van der Waals surface area contributed by atoms with Crippen molar-refractivity contribution in [3.63, 3.8) is 0 Å². The third-order valence-corrected chi connectivity index (χ3v) is 13.8. The molecule has 1 aliphatic rings. The topological polar surface area (TPSA) is 22.3 Å². The van der Waals surface area contributed by atoms with E-state index in [0.717, 1.165) is 40.2 Å². The van der Waals surface area contributed by atoms with E-state index in [0.29, 0.717) is 11.8 Å². The highest BCUT2D eigenvalue weighted by Crippen LogP contribution is 2.51. The van der Waals surface area contributed by atoms with Crippen molar-refractivity contribution in [2.24, 2.45) is 0 Å². The molecular weight excluding hydrogens is 775 g/mol. The van der Waals surface area contributed by atoms with E-state index in [2.05, 4.69) is 237 Å². The Morgan fingerprint density at radius 1 is 0.375 bits per heavy atom. The van der Waals surface area contributed by atoms with E-state index in [1.807, 2.05) is 0 Å². The number of hydrogen-bond acceptors (Lipinski definition) is 2. The first-order chi connectivity index (χ1) is 31.4. The molecule has 12 rings (SSSR count). The van der Waals surface area contributed by atoms with Crippen molar-refractivity contribution in [1.82, 2.24) is 4.98 Å². The summed E-state index contributed by atoms with van der Waals surface area (Å²) in [7, 11) is 0. The minimum atomic E-state index is 0.432.